The molecule has 0 fully saturated rings. The summed E-state index contributed by atoms with van der Waals surface area (Å²) < 4.78 is 4.96. The van der Waals surface area contributed by atoms with Gasteiger partial charge < -0.3 is 15.2 Å². The zero-order valence-corrected chi connectivity index (χ0v) is 12.8. The molecular weight excluding hydrogens is 298 g/mol. The first-order chi connectivity index (χ1) is 11.0. The predicted molar refractivity (Wildman–Crippen MR) is 84.0 cm³/mol. The highest BCUT2D eigenvalue weighted by atomic mass is 16.5. The first kappa shape index (κ1) is 16.7. The summed E-state index contributed by atoms with van der Waals surface area (Å²) >= 11 is 0. The number of esters is 1. The van der Waals surface area contributed by atoms with Crippen LogP contribution < -0.4 is 5.32 Å². The van der Waals surface area contributed by atoms with Crippen molar-refractivity contribution in [3.63, 3.8) is 0 Å². The van der Waals surface area contributed by atoms with Gasteiger partial charge in [-0.1, -0.05) is 24.3 Å². The average Bonchev–Trinajstić information content (AvgIpc) is 2.55. The lowest BCUT2D eigenvalue weighted by Gasteiger charge is -2.24. The Morgan fingerprint density at radius 1 is 1.17 bits per heavy atom. The number of carboxylic acid groups (broad SMARTS) is 1. The average molecular weight is 317 g/mol. The van der Waals surface area contributed by atoms with Gasteiger partial charge in [0.05, 0.1) is 29.7 Å². The van der Waals surface area contributed by atoms with Crippen LogP contribution in [-0.4, -0.2) is 29.6 Å². The number of allylic oxidation sites excluding steroid dienone is 2. The summed E-state index contributed by atoms with van der Waals surface area (Å²) in [7, 11) is 0. The number of hydrogen-bond donors (Lipinski definition) is 2. The van der Waals surface area contributed by atoms with Crippen molar-refractivity contribution in [3.8, 4) is 0 Å². The number of benzene rings is 1. The Labute approximate surface area is 134 Å². The molecule has 1 aliphatic carbocycles. The number of carbonyl (C=O) groups is 3. The monoisotopic (exact) mass is 317 g/mol. The Morgan fingerprint density at radius 2 is 1.83 bits per heavy atom. The van der Waals surface area contributed by atoms with Crippen LogP contribution >= 0.6 is 0 Å². The van der Waals surface area contributed by atoms with Crippen molar-refractivity contribution in [1.29, 1.82) is 0 Å². The normalized spacial score (nSPS) is 19.9. The van der Waals surface area contributed by atoms with E-state index in [1.807, 2.05) is 0 Å². The topological polar surface area (TPSA) is 92.7 Å². The minimum absolute atomic E-state index is 0.232. The number of anilines is 1. The highest BCUT2D eigenvalue weighted by Gasteiger charge is 2.34. The van der Waals surface area contributed by atoms with Gasteiger partial charge in [-0.25, -0.2) is 4.79 Å². The van der Waals surface area contributed by atoms with E-state index in [0.717, 1.165) is 0 Å². The second kappa shape index (κ2) is 7.58. The Kier molecular flexibility index (Phi) is 5.51. The summed E-state index contributed by atoms with van der Waals surface area (Å²) in [6.07, 6.45) is 4.27. The number of aliphatic carboxylic acids is 1. The Morgan fingerprint density at radius 3 is 2.48 bits per heavy atom. The maximum absolute atomic E-state index is 12.5. The van der Waals surface area contributed by atoms with E-state index in [2.05, 4.69) is 5.32 Å². The summed E-state index contributed by atoms with van der Waals surface area (Å²) in [5, 5.41) is 11.9. The van der Waals surface area contributed by atoms with Gasteiger partial charge in [0.2, 0.25) is 5.91 Å². The summed E-state index contributed by atoms with van der Waals surface area (Å²) in [5.41, 5.74) is 0.579. The van der Waals surface area contributed by atoms with Crippen LogP contribution in [0, 0.1) is 11.8 Å². The molecule has 0 radical (unpaired) electrons. The molecule has 0 aliphatic heterocycles. The molecule has 2 unspecified atom stereocenters. The van der Waals surface area contributed by atoms with Crippen LogP contribution in [-0.2, 0) is 14.3 Å². The SMILES string of the molecule is CCOC(=O)c1ccccc1NC(=O)C1CC=CCC1C(=O)O. The molecule has 0 spiro atoms. The van der Waals surface area contributed by atoms with E-state index in [4.69, 9.17) is 4.74 Å². The van der Waals surface area contributed by atoms with E-state index in [9.17, 15) is 19.5 Å². The first-order valence-corrected chi connectivity index (χ1v) is 7.49. The standard InChI is InChI=1S/C17H19NO5/c1-2-23-17(22)13-9-5-6-10-14(13)18-15(19)11-7-3-4-8-12(11)16(20)21/h3-6,9-12H,2,7-8H2,1H3,(H,18,19)(H,20,21). The molecule has 1 amide bonds. The molecule has 1 aromatic carbocycles. The second-order valence-corrected chi connectivity index (χ2v) is 5.25. The van der Waals surface area contributed by atoms with Gasteiger partial charge in [-0.05, 0) is 31.9 Å². The van der Waals surface area contributed by atoms with E-state index in [1.54, 1.807) is 43.3 Å². The zero-order chi connectivity index (χ0) is 16.8. The highest BCUT2D eigenvalue weighted by molar-refractivity contribution is 6.02. The maximum atomic E-state index is 12.5. The fourth-order valence-electron chi connectivity index (χ4n) is 2.58. The molecule has 1 aliphatic rings. The summed E-state index contributed by atoms with van der Waals surface area (Å²) in [6.45, 7) is 1.93. The van der Waals surface area contributed by atoms with Gasteiger partial charge in [0.1, 0.15) is 0 Å². The van der Waals surface area contributed by atoms with E-state index >= 15 is 0 Å². The minimum Gasteiger partial charge on any atom is -0.481 e. The van der Waals surface area contributed by atoms with Crippen LogP contribution in [0.3, 0.4) is 0 Å². The molecule has 2 atom stereocenters. The number of rotatable bonds is 5. The minimum atomic E-state index is -0.992. The quantitative estimate of drug-likeness (QED) is 0.643. The largest absolute Gasteiger partial charge is 0.481 e. The zero-order valence-electron chi connectivity index (χ0n) is 12.8. The van der Waals surface area contributed by atoms with Crippen LogP contribution in [0.1, 0.15) is 30.1 Å². The molecule has 23 heavy (non-hydrogen) atoms. The molecule has 0 saturated heterocycles. The van der Waals surface area contributed by atoms with Crippen molar-refractivity contribution in [2.75, 3.05) is 11.9 Å². The van der Waals surface area contributed by atoms with Gasteiger partial charge in [-0.15, -0.1) is 0 Å². The van der Waals surface area contributed by atoms with E-state index in [0.29, 0.717) is 18.5 Å². The van der Waals surface area contributed by atoms with Crippen molar-refractivity contribution in [1.82, 2.24) is 0 Å². The molecule has 2 N–H and O–H groups in total. The van der Waals surface area contributed by atoms with Crippen LogP contribution in [0.4, 0.5) is 5.69 Å². The fourth-order valence-corrected chi connectivity index (χ4v) is 2.58. The molecule has 6 heteroatoms. The third-order valence-corrected chi connectivity index (χ3v) is 3.77. The number of carboxylic acids is 1. The van der Waals surface area contributed by atoms with Crippen LogP contribution in [0.2, 0.25) is 0 Å². The van der Waals surface area contributed by atoms with Crippen molar-refractivity contribution >= 4 is 23.5 Å². The molecule has 122 valence electrons. The van der Waals surface area contributed by atoms with E-state index in [-0.39, 0.29) is 12.2 Å². The van der Waals surface area contributed by atoms with Crippen molar-refractivity contribution < 1.29 is 24.2 Å². The summed E-state index contributed by atoms with van der Waals surface area (Å²) in [6, 6.07) is 6.51. The third kappa shape index (κ3) is 3.97. The first-order valence-electron chi connectivity index (χ1n) is 7.49. The Bertz CT molecular complexity index is 638. The lowest BCUT2D eigenvalue weighted by Crippen LogP contribution is -2.35. The Balaban J connectivity index is 2.18. The number of nitrogens with one attached hydrogen (secondary N) is 1. The predicted octanol–water partition coefficient (Wildman–Crippen LogP) is 2.47. The van der Waals surface area contributed by atoms with Gasteiger partial charge >= 0.3 is 11.9 Å². The molecule has 6 nitrogen and oxygen atoms in total. The van der Waals surface area contributed by atoms with E-state index < -0.39 is 29.7 Å². The molecular formula is C17H19NO5. The van der Waals surface area contributed by atoms with Gasteiger partial charge in [-0.3, -0.25) is 9.59 Å². The number of hydrogen-bond acceptors (Lipinski definition) is 4. The number of carbonyl (C=O) groups excluding carboxylic acids is 2. The van der Waals surface area contributed by atoms with Crippen molar-refractivity contribution in [3.05, 3.63) is 42.0 Å². The highest BCUT2D eigenvalue weighted by Crippen LogP contribution is 2.28. The van der Waals surface area contributed by atoms with Crippen LogP contribution in [0.15, 0.2) is 36.4 Å². The summed E-state index contributed by atoms with van der Waals surface area (Å²) in [5.74, 6) is -3.34. The van der Waals surface area contributed by atoms with Gasteiger partial charge in [-0.2, -0.15) is 0 Å². The molecule has 1 aromatic rings. The van der Waals surface area contributed by atoms with Crippen LogP contribution in [0.5, 0.6) is 0 Å². The molecule has 2 rings (SSSR count). The lowest BCUT2D eigenvalue weighted by molar-refractivity contribution is -0.146. The maximum Gasteiger partial charge on any atom is 0.340 e. The van der Waals surface area contributed by atoms with Gasteiger partial charge in [0.25, 0.3) is 0 Å². The van der Waals surface area contributed by atoms with Crippen LogP contribution in [0.25, 0.3) is 0 Å². The van der Waals surface area contributed by atoms with Gasteiger partial charge in [0.15, 0.2) is 0 Å². The number of para-hydroxylation sites is 1. The van der Waals surface area contributed by atoms with Crippen molar-refractivity contribution in [2.45, 2.75) is 19.8 Å². The molecule has 0 bridgehead atoms. The number of amides is 1. The Hall–Kier alpha value is -2.63. The third-order valence-electron chi connectivity index (χ3n) is 3.77. The second-order valence-electron chi connectivity index (χ2n) is 5.25. The lowest BCUT2D eigenvalue weighted by atomic mass is 9.82. The van der Waals surface area contributed by atoms with Gasteiger partial charge in [0, 0.05) is 0 Å². The van der Waals surface area contributed by atoms with E-state index in [1.165, 1.54) is 0 Å². The molecule has 0 heterocycles. The molecule has 0 saturated carbocycles. The van der Waals surface area contributed by atoms with Crippen molar-refractivity contribution in [2.24, 2.45) is 11.8 Å². The smallest absolute Gasteiger partial charge is 0.340 e. The molecule has 0 aromatic heterocycles. The summed E-state index contributed by atoms with van der Waals surface area (Å²) in [4.78, 5) is 35.7. The number of ether oxygens (including phenoxy) is 1. The fraction of sp³-hybridized carbons (Fsp3) is 0.353.